The standard InChI is InChI=1S/C24H26N2O5/c1-15(2)31-17-8-5-7-16(13-17)22(27)20-21(19-10-3-4-11-25-19)26(24(29)23(20)28)14-18-9-6-12-30-18/h3-5,7-8,10-11,13,15,18,21,27H,6,9,12,14H2,1-2H3/b22-20-. The third-order valence-corrected chi connectivity index (χ3v) is 5.41. The Hall–Kier alpha value is -3.19. The highest BCUT2D eigenvalue weighted by molar-refractivity contribution is 6.46. The van der Waals surface area contributed by atoms with E-state index in [9.17, 15) is 14.7 Å². The Labute approximate surface area is 181 Å². The third-order valence-electron chi connectivity index (χ3n) is 5.41. The minimum absolute atomic E-state index is 0.0309. The topological polar surface area (TPSA) is 89.0 Å². The second-order valence-electron chi connectivity index (χ2n) is 8.04. The predicted molar refractivity (Wildman–Crippen MR) is 114 cm³/mol. The SMILES string of the molecule is CC(C)Oc1cccc(/C(O)=C2/C(=O)C(=O)N(CC3CCCO3)C2c2ccccn2)c1. The van der Waals surface area contributed by atoms with E-state index in [1.54, 1.807) is 48.7 Å². The zero-order valence-corrected chi connectivity index (χ0v) is 17.7. The number of hydrogen-bond acceptors (Lipinski definition) is 6. The van der Waals surface area contributed by atoms with Gasteiger partial charge in [0, 0.05) is 24.9 Å². The number of ether oxygens (including phenoxy) is 2. The molecule has 2 aliphatic rings. The zero-order chi connectivity index (χ0) is 22.0. The number of carbonyl (C=O) groups is 2. The number of amides is 1. The fourth-order valence-electron chi connectivity index (χ4n) is 4.07. The molecule has 2 fully saturated rings. The van der Waals surface area contributed by atoms with Gasteiger partial charge in [0.2, 0.25) is 0 Å². The van der Waals surface area contributed by atoms with Gasteiger partial charge in [0.1, 0.15) is 17.6 Å². The molecule has 2 unspecified atom stereocenters. The molecule has 1 N–H and O–H groups in total. The molecule has 0 radical (unpaired) electrons. The second-order valence-corrected chi connectivity index (χ2v) is 8.04. The average molecular weight is 422 g/mol. The van der Waals surface area contributed by atoms with E-state index >= 15 is 0 Å². The van der Waals surface area contributed by atoms with Gasteiger partial charge in [0.25, 0.3) is 11.7 Å². The Morgan fingerprint density at radius 3 is 2.77 bits per heavy atom. The molecule has 7 nitrogen and oxygen atoms in total. The maximum atomic E-state index is 13.0. The molecule has 2 atom stereocenters. The Morgan fingerprint density at radius 1 is 1.26 bits per heavy atom. The van der Waals surface area contributed by atoms with E-state index in [2.05, 4.69) is 4.98 Å². The first-order valence-corrected chi connectivity index (χ1v) is 10.5. The van der Waals surface area contributed by atoms with E-state index in [0.29, 0.717) is 23.6 Å². The lowest BCUT2D eigenvalue weighted by atomic mass is 9.98. The van der Waals surface area contributed by atoms with Gasteiger partial charge in [-0.05, 0) is 51.0 Å². The lowest BCUT2D eigenvalue weighted by molar-refractivity contribution is -0.140. The Balaban J connectivity index is 1.78. The summed E-state index contributed by atoms with van der Waals surface area (Å²) in [5, 5.41) is 11.1. The molecule has 162 valence electrons. The lowest BCUT2D eigenvalue weighted by Crippen LogP contribution is -2.36. The van der Waals surface area contributed by atoms with Gasteiger partial charge in [-0.3, -0.25) is 14.6 Å². The van der Waals surface area contributed by atoms with Crippen molar-refractivity contribution in [2.45, 2.75) is 44.9 Å². The molecule has 4 rings (SSSR count). The first kappa shape index (κ1) is 21.1. The molecule has 0 saturated carbocycles. The molecular weight excluding hydrogens is 396 g/mol. The summed E-state index contributed by atoms with van der Waals surface area (Å²) < 4.78 is 11.4. The summed E-state index contributed by atoms with van der Waals surface area (Å²) in [6, 6.07) is 11.4. The molecule has 1 amide bonds. The van der Waals surface area contributed by atoms with Gasteiger partial charge in [-0.25, -0.2) is 0 Å². The van der Waals surface area contributed by atoms with Crippen LogP contribution in [0.1, 0.15) is 44.0 Å². The number of aliphatic hydroxyl groups excluding tert-OH is 1. The average Bonchev–Trinajstić information content (AvgIpc) is 3.36. The summed E-state index contributed by atoms with van der Waals surface area (Å²) >= 11 is 0. The molecular formula is C24H26N2O5. The number of rotatable bonds is 6. The van der Waals surface area contributed by atoms with Gasteiger partial charge in [0.15, 0.2) is 0 Å². The maximum Gasteiger partial charge on any atom is 0.295 e. The first-order chi connectivity index (χ1) is 15.0. The highest BCUT2D eigenvalue weighted by atomic mass is 16.5. The molecule has 2 aliphatic heterocycles. The molecule has 2 saturated heterocycles. The minimum Gasteiger partial charge on any atom is -0.507 e. The van der Waals surface area contributed by atoms with Crippen LogP contribution in [-0.4, -0.2) is 52.0 Å². The monoisotopic (exact) mass is 422 g/mol. The van der Waals surface area contributed by atoms with Crippen molar-refractivity contribution in [3.63, 3.8) is 0 Å². The number of likely N-dealkylation sites (tertiary alicyclic amines) is 1. The van der Waals surface area contributed by atoms with Gasteiger partial charge in [0.05, 0.1) is 23.5 Å². The van der Waals surface area contributed by atoms with Gasteiger partial charge >= 0.3 is 0 Å². The second kappa shape index (κ2) is 8.89. The van der Waals surface area contributed by atoms with E-state index < -0.39 is 17.7 Å². The molecule has 0 aliphatic carbocycles. The molecule has 1 aromatic heterocycles. The molecule has 1 aromatic carbocycles. The van der Waals surface area contributed by atoms with Crippen molar-refractivity contribution in [2.24, 2.45) is 0 Å². The number of benzene rings is 1. The smallest absolute Gasteiger partial charge is 0.295 e. The summed E-state index contributed by atoms with van der Waals surface area (Å²) in [5.41, 5.74) is 0.966. The Bertz CT molecular complexity index is 996. The number of hydrogen-bond donors (Lipinski definition) is 1. The Kier molecular flexibility index (Phi) is 6.04. The van der Waals surface area contributed by atoms with E-state index in [4.69, 9.17) is 9.47 Å². The number of Topliss-reactive ketones (excluding diaryl/α,β-unsaturated/α-hetero) is 1. The van der Waals surface area contributed by atoms with Crippen LogP contribution in [0.3, 0.4) is 0 Å². The van der Waals surface area contributed by atoms with Crippen molar-refractivity contribution in [1.82, 2.24) is 9.88 Å². The fraction of sp³-hybridized carbons (Fsp3) is 0.375. The van der Waals surface area contributed by atoms with E-state index in [-0.39, 0.29) is 30.1 Å². The van der Waals surface area contributed by atoms with Crippen molar-refractivity contribution in [3.8, 4) is 5.75 Å². The zero-order valence-electron chi connectivity index (χ0n) is 17.7. The first-order valence-electron chi connectivity index (χ1n) is 10.5. The van der Waals surface area contributed by atoms with Crippen LogP contribution in [0.4, 0.5) is 0 Å². The maximum absolute atomic E-state index is 13.0. The summed E-state index contributed by atoms with van der Waals surface area (Å²) in [4.78, 5) is 31.9. The van der Waals surface area contributed by atoms with E-state index in [1.165, 1.54) is 4.90 Å². The quantitative estimate of drug-likeness (QED) is 0.436. The fourth-order valence-corrected chi connectivity index (χ4v) is 4.07. The number of aromatic nitrogens is 1. The number of aliphatic hydroxyl groups is 1. The van der Waals surface area contributed by atoms with Crippen LogP contribution < -0.4 is 4.74 Å². The van der Waals surface area contributed by atoms with Crippen LogP contribution in [0.2, 0.25) is 0 Å². The van der Waals surface area contributed by atoms with E-state index in [1.807, 2.05) is 13.8 Å². The van der Waals surface area contributed by atoms with Crippen LogP contribution in [-0.2, 0) is 14.3 Å². The van der Waals surface area contributed by atoms with Crippen molar-refractivity contribution >= 4 is 17.4 Å². The van der Waals surface area contributed by atoms with Crippen LogP contribution in [0.25, 0.3) is 5.76 Å². The highest BCUT2D eigenvalue weighted by Gasteiger charge is 2.47. The van der Waals surface area contributed by atoms with Crippen molar-refractivity contribution < 1.29 is 24.2 Å². The minimum atomic E-state index is -0.778. The van der Waals surface area contributed by atoms with Gasteiger partial charge in [-0.15, -0.1) is 0 Å². The van der Waals surface area contributed by atoms with Gasteiger partial charge in [-0.2, -0.15) is 0 Å². The number of carbonyl (C=O) groups excluding carboxylic acids is 2. The number of ketones is 1. The van der Waals surface area contributed by atoms with Crippen LogP contribution in [0.5, 0.6) is 5.75 Å². The van der Waals surface area contributed by atoms with Crippen LogP contribution in [0, 0.1) is 0 Å². The summed E-state index contributed by atoms with van der Waals surface area (Å²) in [6.45, 7) is 4.74. The molecule has 31 heavy (non-hydrogen) atoms. The number of pyridine rings is 1. The van der Waals surface area contributed by atoms with Gasteiger partial charge < -0.3 is 19.5 Å². The van der Waals surface area contributed by atoms with Crippen molar-refractivity contribution in [3.05, 3.63) is 65.5 Å². The summed E-state index contributed by atoms with van der Waals surface area (Å²) in [7, 11) is 0. The van der Waals surface area contributed by atoms with Gasteiger partial charge in [-0.1, -0.05) is 18.2 Å². The normalized spacial score (nSPS) is 23.0. The summed E-state index contributed by atoms with van der Waals surface area (Å²) in [5.74, 6) is -1.04. The highest BCUT2D eigenvalue weighted by Crippen LogP contribution is 2.39. The molecule has 7 heteroatoms. The Morgan fingerprint density at radius 2 is 2.10 bits per heavy atom. The number of nitrogens with zero attached hydrogens (tertiary/aromatic N) is 2. The van der Waals surface area contributed by atoms with Crippen LogP contribution in [0.15, 0.2) is 54.2 Å². The third kappa shape index (κ3) is 4.32. The van der Waals surface area contributed by atoms with Crippen molar-refractivity contribution in [2.75, 3.05) is 13.2 Å². The lowest BCUT2D eigenvalue weighted by Gasteiger charge is -2.26. The van der Waals surface area contributed by atoms with Crippen LogP contribution >= 0.6 is 0 Å². The largest absolute Gasteiger partial charge is 0.507 e. The molecule has 0 spiro atoms. The predicted octanol–water partition coefficient (Wildman–Crippen LogP) is 3.47. The summed E-state index contributed by atoms with van der Waals surface area (Å²) in [6.07, 6.45) is 3.19. The molecule has 0 bridgehead atoms. The van der Waals surface area contributed by atoms with Crippen molar-refractivity contribution in [1.29, 1.82) is 0 Å². The van der Waals surface area contributed by atoms with E-state index in [0.717, 1.165) is 12.8 Å². The molecule has 2 aromatic rings. The molecule has 3 heterocycles.